The number of amides is 2. The summed E-state index contributed by atoms with van der Waals surface area (Å²) in [5, 5.41) is 2.98. The van der Waals surface area contributed by atoms with E-state index in [0.717, 1.165) is 110 Å². The van der Waals surface area contributed by atoms with Crippen LogP contribution in [0.1, 0.15) is 77.3 Å². The minimum absolute atomic E-state index is 0.00782. The number of pyridine rings is 1. The summed E-state index contributed by atoms with van der Waals surface area (Å²) in [6.07, 6.45) is 4.88. The van der Waals surface area contributed by atoms with Gasteiger partial charge in [0.05, 0.1) is 19.8 Å². The van der Waals surface area contributed by atoms with E-state index >= 15 is 0 Å². The van der Waals surface area contributed by atoms with E-state index in [4.69, 9.17) is 9.47 Å². The van der Waals surface area contributed by atoms with Gasteiger partial charge in [-0.2, -0.15) is 0 Å². The molecule has 0 spiro atoms. The van der Waals surface area contributed by atoms with E-state index in [1.165, 1.54) is 0 Å². The fourth-order valence-corrected chi connectivity index (χ4v) is 6.87. The second kappa shape index (κ2) is 15.8. The number of aromatic amines is 1. The van der Waals surface area contributed by atoms with E-state index < -0.39 is 0 Å². The van der Waals surface area contributed by atoms with Crippen molar-refractivity contribution < 1.29 is 19.1 Å². The number of aromatic nitrogens is 1. The summed E-state index contributed by atoms with van der Waals surface area (Å²) in [4.78, 5) is 47.3. The van der Waals surface area contributed by atoms with Crippen molar-refractivity contribution in [2.75, 3.05) is 50.9 Å². The molecule has 2 amide bonds. The third-order valence-corrected chi connectivity index (χ3v) is 9.61. The first-order valence-corrected chi connectivity index (χ1v) is 17.1. The summed E-state index contributed by atoms with van der Waals surface area (Å²) in [5.74, 6) is 0.682. The monoisotopic (exact) mass is 642 g/mol. The van der Waals surface area contributed by atoms with E-state index in [0.29, 0.717) is 24.3 Å². The second-order valence-corrected chi connectivity index (χ2v) is 13.0. The van der Waals surface area contributed by atoms with Gasteiger partial charge in [-0.15, -0.1) is 0 Å². The Kier molecular flexibility index (Phi) is 11.5. The summed E-state index contributed by atoms with van der Waals surface area (Å²) >= 11 is 0. The maximum atomic E-state index is 13.8. The zero-order valence-corrected chi connectivity index (χ0v) is 28.7. The van der Waals surface area contributed by atoms with Gasteiger partial charge in [-0.25, -0.2) is 0 Å². The zero-order valence-electron chi connectivity index (χ0n) is 28.7. The molecule has 252 valence electrons. The van der Waals surface area contributed by atoms with Crippen LogP contribution < -0.4 is 20.5 Å². The smallest absolute Gasteiger partial charge is 0.253 e. The van der Waals surface area contributed by atoms with Gasteiger partial charge in [-0.3, -0.25) is 19.3 Å². The number of benzene rings is 2. The highest BCUT2D eigenvalue weighted by molar-refractivity contribution is 6.02. The van der Waals surface area contributed by atoms with Crippen LogP contribution >= 0.6 is 0 Å². The average Bonchev–Trinajstić information content (AvgIpc) is 3.60. The third-order valence-electron chi connectivity index (χ3n) is 9.61. The number of nitrogens with one attached hydrogen (secondary N) is 2. The van der Waals surface area contributed by atoms with Crippen molar-refractivity contribution in [1.29, 1.82) is 0 Å². The van der Waals surface area contributed by atoms with Gasteiger partial charge in [0.1, 0.15) is 5.75 Å². The van der Waals surface area contributed by atoms with E-state index in [1.54, 1.807) is 0 Å². The number of ether oxygens (including phenoxy) is 2. The van der Waals surface area contributed by atoms with Crippen LogP contribution in [-0.4, -0.2) is 67.7 Å². The van der Waals surface area contributed by atoms with Crippen molar-refractivity contribution in [3.05, 3.63) is 80.3 Å². The fourth-order valence-electron chi connectivity index (χ4n) is 6.87. The average molecular weight is 643 g/mol. The number of carbonyl (C=O) groups is 2. The molecule has 0 atom stereocenters. The predicted molar refractivity (Wildman–Crippen MR) is 186 cm³/mol. The van der Waals surface area contributed by atoms with Gasteiger partial charge in [0.25, 0.3) is 11.5 Å². The number of morpholine rings is 1. The Morgan fingerprint density at radius 2 is 1.74 bits per heavy atom. The maximum absolute atomic E-state index is 13.8. The van der Waals surface area contributed by atoms with Crippen molar-refractivity contribution >= 4 is 17.5 Å². The molecule has 0 bridgehead atoms. The standard InChI is InChI=1S/C38H50N4O5/c1-6-42(38(45)29-10-7-8-11-29)34-23-31(22-32(28(34)5)36(43)39-24-33-25(2)20-27(4)40-37(33)44)30-12-13-35(26(3)21-30)47-17-9-14-41-15-18-46-19-16-41/h12-13,20-23,29H,6-11,14-19,24H2,1-5H3,(H,39,43)(H,40,44). The number of nitrogens with zero attached hydrogens (tertiary/aromatic N) is 2. The molecule has 47 heavy (non-hydrogen) atoms. The van der Waals surface area contributed by atoms with Gasteiger partial charge in [0.2, 0.25) is 5.91 Å². The lowest BCUT2D eigenvalue weighted by molar-refractivity contribution is -0.122. The Morgan fingerprint density at radius 3 is 2.43 bits per heavy atom. The molecule has 9 heteroatoms. The molecule has 1 aliphatic carbocycles. The summed E-state index contributed by atoms with van der Waals surface area (Å²) in [6.45, 7) is 15.4. The van der Waals surface area contributed by atoms with E-state index in [2.05, 4.69) is 21.3 Å². The van der Waals surface area contributed by atoms with Crippen LogP contribution in [0.3, 0.4) is 0 Å². The highest BCUT2D eigenvalue weighted by Crippen LogP contribution is 2.35. The van der Waals surface area contributed by atoms with E-state index in [-0.39, 0.29) is 29.8 Å². The quantitative estimate of drug-likeness (QED) is 0.240. The highest BCUT2D eigenvalue weighted by Gasteiger charge is 2.29. The number of carbonyl (C=O) groups excluding carboxylic acids is 2. The second-order valence-electron chi connectivity index (χ2n) is 13.0. The van der Waals surface area contributed by atoms with Crippen molar-refractivity contribution in [2.45, 2.75) is 73.3 Å². The van der Waals surface area contributed by atoms with Gasteiger partial charge >= 0.3 is 0 Å². The molecule has 3 aromatic rings. The molecule has 1 saturated carbocycles. The van der Waals surface area contributed by atoms with Crippen LogP contribution in [0.25, 0.3) is 11.1 Å². The number of H-pyrrole nitrogens is 1. The summed E-state index contributed by atoms with van der Waals surface area (Å²) < 4.78 is 11.6. The molecular formula is C38H50N4O5. The molecule has 2 aliphatic rings. The van der Waals surface area contributed by atoms with Crippen molar-refractivity contribution in [3.63, 3.8) is 0 Å². The minimum atomic E-state index is -0.286. The van der Waals surface area contributed by atoms with Crippen molar-refractivity contribution in [3.8, 4) is 16.9 Å². The zero-order chi connectivity index (χ0) is 33.5. The van der Waals surface area contributed by atoms with Crippen LogP contribution in [0.15, 0.2) is 41.2 Å². The molecule has 0 radical (unpaired) electrons. The molecule has 2 heterocycles. The molecule has 2 aromatic carbocycles. The largest absolute Gasteiger partial charge is 0.493 e. The van der Waals surface area contributed by atoms with Crippen LogP contribution in [0, 0.1) is 33.6 Å². The Balaban J connectivity index is 1.41. The Hall–Kier alpha value is -3.95. The summed E-state index contributed by atoms with van der Waals surface area (Å²) in [5.41, 5.74) is 6.70. The van der Waals surface area contributed by atoms with Gasteiger partial charge in [-0.05, 0) is 112 Å². The SMILES string of the molecule is CCN(C(=O)C1CCCC1)c1cc(-c2ccc(OCCCN3CCOCC3)c(C)c2)cc(C(=O)NCc2c(C)cc(C)[nH]c2=O)c1C. The van der Waals surface area contributed by atoms with Crippen LogP contribution in [0.2, 0.25) is 0 Å². The highest BCUT2D eigenvalue weighted by atomic mass is 16.5. The van der Waals surface area contributed by atoms with E-state index in [9.17, 15) is 14.4 Å². The topological polar surface area (TPSA) is 104 Å². The Morgan fingerprint density at radius 1 is 1.00 bits per heavy atom. The number of rotatable bonds is 12. The maximum Gasteiger partial charge on any atom is 0.253 e. The van der Waals surface area contributed by atoms with Gasteiger partial charge in [0, 0.05) is 61.1 Å². The molecule has 1 aromatic heterocycles. The molecule has 2 fully saturated rings. The lowest BCUT2D eigenvalue weighted by atomic mass is 9.95. The molecule has 1 aliphatic heterocycles. The number of hydrogen-bond donors (Lipinski definition) is 2. The predicted octanol–water partition coefficient (Wildman–Crippen LogP) is 5.85. The van der Waals surface area contributed by atoms with E-state index in [1.807, 2.05) is 69.9 Å². The number of aryl methyl sites for hydroxylation is 3. The molecule has 2 N–H and O–H groups in total. The first kappa shape index (κ1) is 34.4. The van der Waals surface area contributed by atoms with Crippen LogP contribution in [0.5, 0.6) is 5.75 Å². The van der Waals surface area contributed by atoms with Gasteiger partial charge < -0.3 is 24.7 Å². The number of hydrogen-bond acceptors (Lipinski definition) is 6. The first-order valence-electron chi connectivity index (χ1n) is 17.1. The minimum Gasteiger partial charge on any atom is -0.493 e. The van der Waals surface area contributed by atoms with Crippen molar-refractivity contribution in [1.82, 2.24) is 15.2 Å². The third kappa shape index (κ3) is 8.32. The summed E-state index contributed by atoms with van der Waals surface area (Å²) in [6, 6.07) is 11.9. The fraction of sp³-hybridized carbons (Fsp3) is 0.500. The van der Waals surface area contributed by atoms with Gasteiger partial charge in [0.15, 0.2) is 0 Å². The van der Waals surface area contributed by atoms with Crippen LogP contribution in [0.4, 0.5) is 5.69 Å². The normalized spacial score (nSPS) is 15.5. The number of anilines is 1. The molecule has 5 rings (SSSR count). The Bertz CT molecular complexity index is 1640. The molecular weight excluding hydrogens is 592 g/mol. The van der Waals surface area contributed by atoms with Crippen molar-refractivity contribution in [2.24, 2.45) is 5.92 Å². The summed E-state index contributed by atoms with van der Waals surface area (Å²) in [7, 11) is 0. The van der Waals surface area contributed by atoms with Crippen LogP contribution in [-0.2, 0) is 16.1 Å². The Labute approximate surface area is 278 Å². The lowest BCUT2D eigenvalue weighted by Crippen LogP contribution is -2.37. The van der Waals surface area contributed by atoms with Gasteiger partial charge in [-0.1, -0.05) is 18.9 Å². The molecule has 0 unspecified atom stereocenters. The first-order chi connectivity index (χ1) is 22.7. The molecule has 1 saturated heterocycles. The molecule has 9 nitrogen and oxygen atoms in total. The lowest BCUT2D eigenvalue weighted by Gasteiger charge is -2.28.